The molecule has 156 valence electrons. The molecule has 9 nitrogen and oxygen atoms in total. The largest absolute Gasteiger partial charge is 0.371 e. The van der Waals surface area contributed by atoms with Crippen LogP contribution in [0.3, 0.4) is 0 Å². The third-order valence-corrected chi connectivity index (χ3v) is 5.20. The average Bonchev–Trinajstić information content (AvgIpc) is 3.38. The molecule has 1 aromatic heterocycles. The molecule has 1 heterocycles. The molecule has 1 aromatic rings. The number of rotatable bonds is 8. The second-order valence-corrected chi connectivity index (χ2v) is 7.56. The monoisotopic (exact) mass is 392 g/mol. The van der Waals surface area contributed by atoms with Crippen molar-refractivity contribution >= 4 is 11.9 Å². The molecule has 3 N–H and O–H groups in total. The first-order valence-electron chi connectivity index (χ1n) is 10.3. The highest BCUT2D eigenvalue weighted by Crippen LogP contribution is 2.26. The molecule has 0 aromatic carbocycles. The molecule has 0 saturated heterocycles. The molecular weight excluding hydrogens is 360 g/mol. The van der Waals surface area contributed by atoms with Crippen molar-refractivity contribution in [2.75, 3.05) is 13.7 Å². The van der Waals surface area contributed by atoms with E-state index in [4.69, 9.17) is 9.26 Å². The molecule has 0 radical (unpaired) electrons. The molecule has 2 aliphatic carbocycles. The van der Waals surface area contributed by atoms with Crippen LogP contribution in [0.2, 0.25) is 0 Å². The van der Waals surface area contributed by atoms with E-state index in [-0.39, 0.29) is 24.0 Å². The standard InChI is InChI=1S/C19H32N6O3/c1-4-27-12(2)17-24-16(28-25-17)11-21-19(20-3)23-15-7-5-6-13(10-15)18(26)22-14-8-9-14/h12-15H,4-11H2,1-3H3,(H,22,26)(H2,20,21,23). The zero-order valence-corrected chi connectivity index (χ0v) is 17.0. The first-order valence-corrected chi connectivity index (χ1v) is 10.3. The van der Waals surface area contributed by atoms with Crippen molar-refractivity contribution in [3.8, 4) is 0 Å². The number of guanidine groups is 1. The van der Waals surface area contributed by atoms with Crippen LogP contribution in [0, 0.1) is 5.92 Å². The van der Waals surface area contributed by atoms with Gasteiger partial charge in [0.2, 0.25) is 11.8 Å². The molecule has 2 aliphatic rings. The van der Waals surface area contributed by atoms with E-state index in [2.05, 4.69) is 31.1 Å². The van der Waals surface area contributed by atoms with Crippen LogP contribution < -0.4 is 16.0 Å². The summed E-state index contributed by atoms with van der Waals surface area (Å²) in [6.07, 6.45) is 5.92. The topological polar surface area (TPSA) is 114 Å². The number of aliphatic imine (C=N–C) groups is 1. The minimum Gasteiger partial charge on any atom is -0.371 e. The average molecular weight is 393 g/mol. The highest BCUT2D eigenvalue weighted by molar-refractivity contribution is 5.81. The maximum absolute atomic E-state index is 12.3. The summed E-state index contributed by atoms with van der Waals surface area (Å²) in [6, 6.07) is 0.645. The first-order chi connectivity index (χ1) is 13.6. The molecular formula is C19H32N6O3. The van der Waals surface area contributed by atoms with Gasteiger partial charge in [0.25, 0.3) is 0 Å². The van der Waals surface area contributed by atoms with Gasteiger partial charge in [-0.25, -0.2) is 0 Å². The lowest BCUT2D eigenvalue weighted by molar-refractivity contribution is -0.126. The fourth-order valence-corrected chi connectivity index (χ4v) is 3.48. The number of ether oxygens (including phenoxy) is 1. The number of hydrogen-bond donors (Lipinski definition) is 3. The van der Waals surface area contributed by atoms with E-state index >= 15 is 0 Å². The number of carbonyl (C=O) groups is 1. The van der Waals surface area contributed by atoms with Gasteiger partial charge < -0.3 is 25.2 Å². The Kier molecular flexibility index (Phi) is 7.24. The number of nitrogens with zero attached hydrogens (tertiary/aromatic N) is 3. The van der Waals surface area contributed by atoms with Crippen LogP contribution in [-0.4, -0.2) is 47.7 Å². The zero-order chi connectivity index (χ0) is 19.9. The van der Waals surface area contributed by atoms with Crippen molar-refractivity contribution in [2.24, 2.45) is 10.9 Å². The number of hydrogen-bond acceptors (Lipinski definition) is 6. The molecule has 3 unspecified atom stereocenters. The third-order valence-electron chi connectivity index (χ3n) is 5.20. The fourth-order valence-electron chi connectivity index (χ4n) is 3.48. The van der Waals surface area contributed by atoms with Crippen LogP contribution in [0.25, 0.3) is 0 Å². The van der Waals surface area contributed by atoms with Crippen molar-refractivity contribution in [1.29, 1.82) is 0 Å². The van der Waals surface area contributed by atoms with Crippen LogP contribution in [-0.2, 0) is 16.1 Å². The molecule has 1 amide bonds. The summed E-state index contributed by atoms with van der Waals surface area (Å²) in [7, 11) is 1.73. The maximum atomic E-state index is 12.3. The van der Waals surface area contributed by atoms with Crippen molar-refractivity contribution < 1.29 is 14.1 Å². The van der Waals surface area contributed by atoms with E-state index in [9.17, 15) is 4.79 Å². The van der Waals surface area contributed by atoms with Crippen molar-refractivity contribution in [1.82, 2.24) is 26.1 Å². The molecule has 3 atom stereocenters. The Bertz CT molecular complexity index is 672. The van der Waals surface area contributed by atoms with Gasteiger partial charge in [0.1, 0.15) is 6.10 Å². The lowest BCUT2D eigenvalue weighted by Crippen LogP contribution is -2.47. The van der Waals surface area contributed by atoms with Crippen molar-refractivity contribution in [3.63, 3.8) is 0 Å². The number of carbonyl (C=O) groups excluding carboxylic acids is 1. The van der Waals surface area contributed by atoms with Crippen LogP contribution >= 0.6 is 0 Å². The Labute approximate surface area is 166 Å². The first kappa shape index (κ1) is 20.6. The lowest BCUT2D eigenvalue weighted by Gasteiger charge is -2.30. The van der Waals surface area contributed by atoms with Gasteiger partial charge in [-0.05, 0) is 46.0 Å². The molecule has 0 bridgehead atoms. The Morgan fingerprint density at radius 1 is 1.29 bits per heavy atom. The number of aromatic nitrogens is 2. The number of amides is 1. The molecule has 9 heteroatoms. The maximum Gasteiger partial charge on any atom is 0.246 e. The highest BCUT2D eigenvalue weighted by atomic mass is 16.5. The molecule has 28 heavy (non-hydrogen) atoms. The lowest BCUT2D eigenvalue weighted by atomic mass is 9.85. The van der Waals surface area contributed by atoms with Crippen LogP contribution in [0.1, 0.15) is 70.2 Å². The summed E-state index contributed by atoms with van der Waals surface area (Å²) in [5.41, 5.74) is 0. The minimum absolute atomic E-state index is 0.0866. The van der Waals surface area contributed by atoms with E-state index in [0.717, 1.165) is 38.5 Å². The summed E-state index contributed by atoms with van der Waals surface area (Å²) >= 11 is 0. The molecule has 0 aliphatic heterocycles. The summed E-state index contributed by atoms with van der Waals surface area (Å²) in [5, 5.41) is 13.7. The van der Waals surface area contributed by atoms with Crippen molar-refractivity contribution in [2.45, 2.75) is 77.1 Å². The van der Waals surface area contributed by atoms with Crippen molar-refractivity contribution in [3.05, 3.63) is 11.7 Å². The second kappa shape index (κ2) is 9.86. The van der Waals surface area contributed by atoms with Gasteiger partial charge in [-0.15, -0.1) is 0 Å². The van der Waals surface area contributed by atoms with Crippen LogP contribution in [0.5, 0.6) is 0 Å². The molecule has 2 fully saturated rings. The van der Waals surface area contributed by atoms with Gasteiger partial charge >= 0.3 is 0 Å². The van der Waals surface area contributed by atoms with Gasteiger partial charge in [0.05, 0.1) is 6.54 Å². The van der Waals surface area contributed by atoms with E-state index < -0.39 is 0 Å². The predicted molar refractivity (Wildman–Crippen MR) is 105 cm³/mol. The summed E-state index contributed by atoms with van der Waals surface area (Å²) in [4.78, 5) is 21.0. The fraction of sp³-hybridized carbons (Fsp3) is 0.789. The highest BCUT2D eigenvalue weighted by Gasteiger charge is 2.31. The quantitative estimate of drug-likeness (QED) is 0.455. The van der Waals surface area contributed by atoms with E-state index in [0.29, 0.717) is 36.9 Å². The summed E-state index contributed by atoms with van der Waals surface area (Å²) < 4.78 is 10.7. The third kappa shape index (κ3) is 5.92. The Morgan fingerprint density at radius 2 is 2.11 bits per heavy atom. The normalized spacial score (nSPS) is 23.9. The van der Waals surface area contributed by atoms with Gasteiger partial charge in [0, 0.05) is 31.7 Å². The summed E-state index contributed by atoms with van der Waals surface area (Å²) in [6.45, 7) is 4.80. The molecule has 0 spiro atoms. The Hall–Kier alpha value is -2.16. The van der Waals surface area contributed by atoms with Gasteiger partial charge in [-0.2, -0.15) is 4.98 Å². The zero-order valence-electron chi connectivity index (χ0n) is 17.0. The second-order valence-electron chi connectivity index (χ2n) is 7.56. The van der Waals surface area contributed by atoms with E-state index in [1.54, 1.807) is 7.05 Å². The SMILES string of the molecule is CCOC(C)c1noc(CNC(=NC)NC2CCCC(C(=O)NC3CC3)C2)n1. The van der Waals surface area contributed by atoms with Crippen LogP contribution in [0.15, 0.2) is 9.52 Å². The minimum atomic E-state index is -0.194. The van der Waals surface area contributed by atoms with Gasteiger partial charge in [0.15, 0.2) is 11.8 Å². The van der Waals surface area contributed by atoms with E-state index in [1.165, 1.54) is 0 Å². The smallest absolute Gasteiger partial charge is 0.246 e. The molecule has 2 saturated carbocycles. The Balaban J connectivity index is 1.45. The Morgan fingerprint density at radius 3 is 2.82 bits per heavy atom. The van der Waals surface area contributed by atoms with Gasteiger partial charge in [-0.1, -0.05) is 11.6 Å². The van der Waals surface area contributed by atoms with Gasteiger partial charge in [-0.3, -0.25) is 9.79 Å². The predicted octanol–water partition coefficient (Wildman–Crippen LogP) is 1.67. The van der Waals surface area contributed by atoms with E-state index in [1.807, 2.05) is 13.8 Å². The van der Waals surface area contributed by atoms with Crippen LogP contribution in [0.4, 0.5) is 0 Å². The molecule has 3 rings (SSSR count). The number of nitrogens with one attached hydrogen (secondary N) is 3. The summed E-state index contributed by atoms with van der Waals surface area (Å²) in [5.74, 6) is 1.99.